The molecule has 1 aromatic carbocycles. The lowest BCUT2D eigenvalue weighted by Crippen LogP contribution is -2.40. The van der Waals surface area contributed by atoms with Crippen LogP contribution in [0.4, 0.5) is 22.0 Å². The Morgan fingerprint density at radius 2 is 2.00 bits per heavy atom. The first-order valence-electron chi connectivity index (χ1n) is 10.8. The summed E-state index contributed by atoms with van der Waals surface area (Å²) in [6.45, 7) is 9.01. The smallest absolute Gasteiger partial charge is 0.324 e. The quantitative estimate of drug-likeness (QED) is 0.815. The molecule has 2 aromatic rings. The van der Waals surface area contributed by atoms with Crippen molar-refractivity contribution in [2.24, 2.45) is 5.92 Å². The molecule has 0 spiro atoms. The van der Waals surface area contributed by atoms with E-state index >= 15 is 0 Å². The molecular formula is C23H29N5O2. The van der Waals surface area contributed by atoms with Crippen LogP contribution in [0.2, 0.25) is 0 Å². The van der Waals surface area contributed by atoms with E-state index in [0.29, 0.717) is 28.7 Å². The zero-order valence-electron chi connectivity index (χ0n) is 17.7. The number of nitrogens with one attached hydrogen (secondary N) is 1. The lowest BCUT2D eigenvalue weighted by atomic mass is 10.0. The lowest BCUT2D eigenvalue weighted by Gasteiger charge is -2.28. The lowest BCUT2D eigenvalue weighted by molar-refractivity contribution is 0.102. The van der Waals surface area contributed by atoms with Gasteiger partial charge >= 0.3 is 6.03 Å². The van der Waals surface area contributed by atoms with Crippen molar-refractivity contribution in [2.45, 2.75) is 26.7 Å². The third-order valence-corrected chi connectivity index (χ3v) is 6.13. The number of benzene rings is 1. The van der Waals surface area contributed by atoms with Crippen LogP contribution in [0.1, 0.15) is 37.0 Å². The highest BCUT2D eigenvalue weighted by atomic mass is 16.2. The van der Waals surface area contributed by atoms with Gasteiger partial charge in [-0.15, -0.1) is 0 Å². The van der Waals surface area contributed by atoms with Crippen LogP contribution < -0.4 is 10.2 Å². The van der Waals surface area contributed by atoms with E-state index < -0.39 is 0 Å². The highest BCUT2D eigenvalue weighted by molar-refractivity contribution is 6.16. The molecule has 4 rings (SSSR count). The van der Waals surface area contributed by atoms with Gasteiger partial charge in [-0.3, -0.25) is 4.79 Å². The number of carbonyl (C=O) groups excluding carboxylic acids is 2. The van der Waals surface area contributed by atoms with Gasteiger partial charge in [0.2, 0.25) is 0 Å². The van der Waals surface area contributed by atoms with Crippen molar-refractivity contribution in [3.63, 3.8) is 0 Å². The minimum absolute atomic E-state index is 0.121. The predicted octanol–water partition coefficient (Wildman–Crippen LogP) is 3.96. The van der Waals surface area contributed by atoms with Gasteiger partial charge in [-0.2, -0.15) is 0 Å². The second-order valence-corrected chi connectivity index (χ2v) is 7.88. The van der Waals surface area contributed by atoms with Gasteiger partial charge in [0, 0.05) is 19.3 Å². The Balaban J connectivity index is 1.58. The second kappa shape index (κ2) is 8.83. The molecule has 3 amide bonds. The minimum atomic E-state index is -0.251. The molecule has 7 heteroatoms. The van der Waals surface area contributed by atoms with Crippen molar-refractivity contribution >= 4 is 29.1 Å². The number of urea groups is 1. The van der Waals surface area contributed by atoms with Gasteiger partial charge in [-0.1, -0.05) is 26.0 Å². The standard InChI is InChI=1S/C23H29N5O2/c1-3-26(4-2)14-11-17-12-15-27(16-17)23(30)28-20-10-6-5-9-19(20)25-22(29)18-8-7-13-24-21(18)28/h5-10,13,17H,3-4,11-12,14-16H2,1-2H3,(H,25,29). The Morgan fingerprint density at radius 3 is 2.80 bits per heavy atom. The molecule has 1 saturated heterocycles. The fourth-order valence-electron chi connectivity index (χ4n) is 4.31. The predicted molar refractivity (Wildman–Crippen MR) is 118 cm³/mol. The topological polar surface area (TPSA) is 68.8 Å². The number of pyridine rings is 1. The Kier molecular flexibility index (Phi) is 5.99. The van der Waals surface area contributed by atoms with Gasteiger partial charge in [0.25, 0.3) is 5.91 Å². The number of aromatic nitrogens is 1. The molecule has 2 aliphatic rings. The van der Waals surface area contributed by atoms with Gasteiger partial charge < -0.3 is 15.1 Å². The number of nitrogens with zero attached hydrogens (tertiary/aromatic N) is 4. The summed E-state index contributed by atoms with van der Waals surface area (Å²) >= 11 is 0. The van der Waals surface area contributed by atoms with Crippen molar-refractivity contribution in [3.05, 3.63) is 48.2 Å². The third kappa shape index (κ3) is 3.89. The number of hydrogen-bond acceptors (Lipinski definition) is 4. The number of anilines is 3. The van der Waals surface area contributed by atoms with E-state index in [4.69, 9.17) is 0 Å². The maximum atomic E-state index is 13.6. The monoisotopic (exact) mass is 407 g/mol. The van der Waals surface area contributed by atoms with Gasteiger partial charge in [0.15, 0.2) is 5.82 Å². The normalized spacial score (nSPS) is 18.1. The molecule has 0 saturated carbocycles. The van der Waals surface area contributed by atoms with E-state index in [0.717, 1.165) is 45.6 Å². The number of likely N-dealkylation sites (tertiary alicyclic amines) is 1. The average molecular weight is 408 g/mol. The largest absolute Gasteiger partial charge is 0.330 e. The minimum Gasteiger partial charge on any atom is -0.324 e. The Labute approximate surface area is 177 Å². The summed E-state index contributed by atoms with van der Waals surface area (Å²) < 4.78 is 0. The summed E-state index contributed by atoms with van der Waals surface area (Å²) in [4.78, 5) is 36.7. The molecule has 158 valence electrons. The highest BCUT2D eigenvalue weighted by Crippen LogP contribution is 2.38. The van der Waals surface area contributed by atoms with Crippen LogP contribution in [0.3, 0.4) is 0 Å². The maximum absolute atomic E-state index is 13.6. The molecule has 0 radical (unpaired) electrons. The Bertz CT molecular complexity index is 927. The molecule has 1 fully saturated rings. The summed E-state index contributed by atoms with van der Waals surface area (Å²) in [7, 11) is 0. The van der Waals surface area contributed by atoms with E-state index in [9.17, 15) is 9.59 Å². The summed E-state index contributed by atoms with van der Waals surface area (Å²) in [5.41, 5.74) is 1.67. The van der Waals surface area contributed by atoms with Gasteiger partial charge in [-0.25, -0.2) is 14.7 Å². The molecule has 1 aromatic heterocycles. The van der Waals surface area contributed by atoms with Crippen LogP contribution in [0.25, 0.3) is 0 Å². The van der Waals surface area contributed by atoms with Crippen LogP contribution in [-0.2, 0) is 0 Å². The molecule has 1 atom stereocenters. The van der Waals surface area contributed by atoms with E-state index in [1.54, 1.807) is 23.2 Å². The van der Waals surface area contributed by atoms with Crippen molar-refractivity contribution < 1.29 is 9.59 Å². The van der Waals surface area contributed by atoms with Crippen LogP contribution in [-0.4, -0.2) is 59.4 Å². The first-order chi connectivity index (χ1) is 14.6. The van der Waals surface area contributed by atoms with Crippen LogP contribution >= 0.6 is 0 Å². The second-order valence-electron chi connectivity index (χ2n) is 7.88. The van der Waals surface area contributed by atoms with Crippen molar-refractivity contribution in [3.8, 4) is 0 Å². The van der Waals surface area contributed by atoms with Gasteiger partial charge in [0.1, 0.15) is 0 Å². The SMILES string of the molecule is CCN(CC)CCC1CCN(C(=O)N2c3ccccc3NC(=O)c3cccnc32)C1. The third-order valence-electron chi connectivity index (χ3n) is 6.13. The fourth-order valence-corrected chi connectivity index (χ4v) is 4.31. The molecular weight excluding hydrogens is 378 g/mol. The number of amides is 3. The Morgan fingerprint density at radius 1 is 1.20 bits per heavy atom. The fraction of sp³-hybridized carbons (Fsp3) is 0.435. The number of carbonyl (C=O) groups is 2. The first kappa shape index (κ1) is 20.3. The van der Waals surface area contributed by atoms with Crippen molar-refractivity contribution in [1.29, 1.82) is 0 Å². The molecule has 3 heterocycles. The number of fused-ring (bicyclic) bond motifs is 2. The molecule has 2 aliphatic heterocycles. The van der Waals surface area contributed by atoms with Gasteiger partial charge in [-0.05, 0) is 62.7 Å². The Hall–Kier alpha value is -2.93. The zero-order valence-corrected chi connectivity index (χ0v) is 17.7. The molecule has 30 heavy (non-hydrogen) atoms. The van der Waals surface area contributed by atoms with E-state index in [2.05, 4.69) is 29.0 Å². The van der Waals surface area contributed by atoms with Gasteiger partial charge in [0.05, 0.1) is 16.9 Å². The summed E-state index contributed by atoms with van der Waals surface area (Å²) in [5.74, 6) is 0.635. The zero-order chi connectivity index (χ0) is 21.1. The summed E-state index contributed by atoms with van der Waals surface area (Å²) in [5, 5.41) is 2.91. The highest BCUT2D eigenvalue weighted by Gasteiger charge is 2.35. The molecule has 0 aliphatic carbocycles. The number of rotatable bonds is 5. The van der Waals surface area contributed by atoms with Crippen LogP contribution in [0.5, 0.6) is 0 Å². The first-order valence-corrected chi connectivity index (χ1v) is 10.8. The molecule has 1 unspecified atom stereocenters. The van der Waals surface area contributed by atoms with E-state index in [1.165, 1.54) is 0 Å². The summed E-state index contributed by atoms with van der Waals surface area (Å²) in [6, 6.07) is 10.7. The summed E-state index contributed by atoms with van der Waals surface area (Å²) in [6.07, 6.45) is 3.73. The van der Waals surface area contributed by atoms with Crippen LogP contribution in [0.15, 0.2) is 42.6 Å². The molecule has 1 N–H and O–H groups in total. The average Bonchev–Trinajstić information content (AvgIpc) is 3.20. The molecule has 0 bridgehead atoms. The number of para-hydroxylation sites is 2. The number of hydrogen-bond donors (Lipinski definition) is 1. The van der Waals surface area contributed by atoms with Crippen molar-refractivity contribution in [2.75, 3.05) is 42.9 Å². The maximum Gasteiger partial charge on any atom is 0.330 e. The van der Waals surface area contributed by atoms with Crippen LogP contribution in [0, 0.1) is 5.92 Å². The molecule has 7 nitrogen and oxygen atoms in total. The van der Waals surface area contributed by atoms with E-state index in [-0.39, 0.29) is 11.9 Å². The van der Waals surface area contributed by atoms with E-state index in [1.807, 2.05) is 29.2 Å². The van der Waals surface area contributed by atoms with Crippen molar-refractivity contribution in [1.82, 2.24) is 14.8 Å².